The molecule has 1 saturated carbocycles. The second kappa shape index (κ2) is 7.93. The Kier molecular flexibility index (Phi) is 5.76. The SMILES string of the molecule is CC(C)c1nn(CC(=O)NC2CCCCC2)c(=O)c2ccc(C(F)(F)F)cc12. The predicted octanol–water partition coefficient (Wildman–Crippen LogP) is 3.99. The van der Waals surface area contributed by atoms with Crippen LogP contribution in [0.4, 0.5) is 13.2 Å². The molecule has 2 aromatic rings. The van der Waals surface area contributed by atoms with Crippen molar-refractivity contribution in [3.8, 4) is 0 Å². The van der Waals surface area contributed by atoms with Crippen molar-refractivity contribution < 1.29 is 18.0 Å². The summed E-state index contributed by atoms with van der Waals surface area (Å²) in [6.45, 7) is 3.34. The normalized spacial score (nSPS) is 15.9. The molecule has 0 bridgehead atoms. The van der Waals surface area contributed by atoms with Crippen LogP contribution in [0.15, 0.2) is 23.0 Å². The summed E-state index contributed by atoms with van der Waals surface area (Å²) >= 11 is 0. The Balaban J connectivity index is 1.96. The largest absolute Gasteiger partial charge is 0.416 e. The van der Waals surface area contributed by atoms with E-state index in [1.54, 1.807) is 13.8 Å². The summed E-state index contributed by atoms with van der Waals surface area (Å²) in [6, 6.07) is 3.13. The summed E-state index contributed by atoms with van der Waals surface area (Å²) in [5, 5.41) is 7.48. The van der Waals surface area contributed by atoms with Crippen LogP contribution in [-0.4, -0.2) is 21.7 Å². The van der Waals surface area contributed by atoms with Crippen molar-refractivity contribution in [2.75, 3.05) is 0 Å². The van der Waals surface area contributed by atoms with Crippen molar-refractivity contribution in [3.05, 3.63) is 39.8 Å². The maximum atomic E-state index is 13.1. The van der Waals surface area contributed by atoms with E-state index >= 15 is 0 Å². The first-order valence-electron chi connectivity index (χ1n) is 9.58. The van der Waals surface area contributed by atoms with Crippen molar-refractivity contribution in [3.63, 3.8) is 0 Å². The van der Waals surface area contributed by atoms with Crippen molar-refractivity contribution in [2.45, 2.75) is 70.6 Å². The molecule has 1 fully saturated rings. The van der Waals surface area contributed by atoms with Gasteiger partial charge in [-0.3, -0.25) is 9.59 Å². The van der Waals surface area contributed by atoms with Gasteiger partial charge in [0.15, 0.2) is 0 Å². The Morgan fingerprint density at radius 1 is 1.21 bits per heavy atom. The Labute approximate surface area is 160 Å². The smallest absolute Gasteiger partial charge is 0.352 e. The molecule has 28 heavy (non-hydrogen) atoms. The van der Waals surface area contributed by atoms with Gasteiger partial charge in [-0.15, -0.1) is 0 Å². The zero-order valence-electron chi connectivity index (χ0n) is 16.0. The number of halogens is 3. The number of alkyl halides is 3. The van der Waals surface area contributed by atoms with Gasteiger partial charge < -0.3 is 5.32 Å². The molecule has 0 unspecified atom stereocenters. The van der Waals surface area contributed by atoms with Crippen molar-refractivity contribution in [2.24, 2.45) is 0 Å². The molecular weight excluding hydrogens is 371 g/mol. The lowest BCUT2D eigenvalue weighted by molar-refractivity contribution is -0.137. The maximum absolute atomic E-state index is 13.1. The predicted molar refractivity (Wildman–Crippen MR) is 100 cm³/mol. The van der Waals surface area contributed by atoms with Crippen molar-refractivity contribution >= 4 is 16.7 Å². The van der Waals surface area contributed by atoms with E-state index < -0.39 is 17.3 Å². The highest BCUT2D eigenvalue weighted by atomic mass is 19.4. The molecule has 1 amide bonds. The number of hydrogen-bond donors (Lipinski definition) is 1. The Bertz CT molecular complexity index is 929. The number of carbonyl (C=O) groups excluding carboxylic acids is 1. The molecule has 3 rings (SSSR count). The highest BCUT2D eigenvalue weighted by Crippen LogP contribution is 2.32. The minimum absolute atomic E-state index is 0.108. The summed E-state index contributed by atoms with van der Waals surface area (Å²) in [5.41, 5.74) is -1.02. The average molecular weight is 395 g/mol. The van der Waals surface area contributed by atoms with Crippen LogP contribution in [0.2, 0.25) is 0 Å². The van der Waals surface area contributed by atoms with E-state index in [-0.39, 0.29) is 35.2 Å². The lowest BCUT2D eigenvalue weighted by Crippen LogP contribution is -2.40. The minimum Gasteiger partial charge on any atom is -0.352 e. The Morgan fingerprint density at radius 2 is 1.89 bits per heavy atom. The average Bonchev–Trinajstić information content (AvgIpc) is 2.63. The number of hydrogen-bond acceptors (Lipinski definition) is 3. The van der Waals surface area contributed by atoms with Crippen LogP contribution in [0.1, 0.15) is 63.1 Å². The molecule has 0 saturated heterocycles. The van der Waals surface area contributed by atoms with E-state index in [0.29, 0.717) is 5.69 Å². The third kappa shape index (κ3) is 4.36. The molecule has 0 spiro atoms. The van der Waals surface area contributed by atoms with Gasteiger partial charge >= 0.3 is 6.18 Å². The van der Waals surface area contributed by atoms with Crippen molar-refractivity contribution in [1.82, 2.24) is 15.1 Å². The molecule has 152 valence electrons. The fraction of sp³-hybridized carbons (Fsp3) is 0.550. The third-order valence-electron chi connectivity index (χ3n) is 5.13. The molecule has 1 aliphatic rings. The number of fused-ring (bicyclic) bond motifs is 1. The lowest BCUT2D eigenvalue weighted by atomic mass is 9.95. The summed E-state index contributed by atoms with van der Waals surface area (Å²) in [7, 11) is 0. The van der Waals surface area contributed by atoms with E-state index in [1.165, 1.54) is 6.07 Å². The standard InChI is InChI=1S/C20H24F3N3O2/c1-12(2)18-16-10-13(20(21,22)23)8-9-15(16)19(28)26(25-18)11-17(27)24-14-6-4-3-5-7-14/h8-10,12,14H,3-7,11H2,1-2H3,(H,24,27). The molecule has 0 aliphatic heterocycles. The maximum Gasteiger partial charge on any atom is 0.416 e. The first-order chi connectivity index (χ1) is 13.2. The van der Waals surface area contributed by atoms with Gasteiger partial charge in [0.05, 0.1) is 16.6 Å². The molecule has 1 N–H and O–H groups in total. The number of carbonyl (C=O) groups is 1. The number of nitrogens with one attached hydrogen (secondary N) is 1. The van der Waals surface area contributed by atoms with Gasteiger partial charge in [-0.1, -0.05) is 33.1 Å². The highest BCUT2D eigenvalue weighted by Gasteiger charge is 2.31. The summed E-state index contributed by atoms with van der Waals surface area (Å²) in [6.07, 6.45) is 0.635. The van der Waals surface area contributed by atoms with Crippen molar-refractivity contribution in [1.29, 1.82) is 0 Å². The van der Waals surface area contributed by atoms with Gasteiger partial charge in [-0.2, -0.15) is 18.3 Å². The van der Waals surface area contributed by atoms with E-state index in [4.69, 9.17) is 0 Å². The van der Waals surface area contributed by atoms with E-state index in [0.717, 1.165) is 48.9 Å². The van der Waals surface area contributed by atoms with Crippen LogP contribution < -0.4 is 10.9 Å². The van der Waals surface area contributed by atoms with Crippen LogP contribution in [0.25, 0.3) is 10.8 Å². The number of benzene rings is 1. The Morgan fingerprint density at radius 3 is 2.50 bits per heavy atom. The van der Waals surface area contributed by atoms with Gasteiger partial charge in [0.2, 0.25) is 5.91 Å². The van der Waals surface area contributed by atoms with Gasteiger partial charge in [0.25, 0.3) is 5.56 Å². The molecule has 0 radical (unpaired) electrons. The lowest BCUT2D eigenvalue weighted by Gasteiger charge is -2.23. The fourth-order valence-electron chi connectivity index (χ4n) is 3.68. The van der Waals surface area contributed by atoms with Gasteiger partial charge in [0.1, 0.15) is 6.54 Å². The summed E-state index contributed by atoms with van der Waals surface area (Å²) in [5.74, 6) is -0.512. The number of rotatable bonds is 4. The van der Waals surface area contributed by atoms with Crippen LogP contribution in [0.3, 0.4) is 0 Å². The molecule has 1 aliphatic carbocycles. The molecule has 1 aromatic carbocycles. The zero-order chi connectivity index (χ0) is 20.5. The molecule has 0 atom stereocenters. The van der Waals surface area contributed by atoms with E-state index in [1.807, 2.05) is 0 Å². The monoisotopic (exact) mass is 395 g/mol. The topological polar surface area (TPSA) is 64.0 Å². The van der Waals surface area contributed by atoms with Crippen LogP contribution in [-0.2, 0) is 17.5 Å². The molecule has 1 aromatic heterocycles. The summed E-state index contributed by atoms with van der Waals surface area (Å²) in [4.78, 5) is 25.1. The first kappa shape index (κ1) is 20.4. The van der Waals surface area contributed by atoms with Crippen LogP contribution in [0.5, 0.6) is 0 Å². The second-order valence-electron chi connectivity index (χ2n) is 7.66. The quantitative estimate of drug-likeness (QED) is 0.852. The third-order valence-corrected chi connectivity index (χ3v) is 5.13. The molecule has 8 heteroatoms. The first-order valence-corrected chi connectivity index (χ1v) is 9.58. The molecule has 5 nitrogen and oxygen atoms in total. The zero-order valence-corrected chi connectivity index (χ0v) is 16.0. The fourth-order valence-corrected chi connectivity index (χ4v) is 3.68. The Hall–Kier alpha value is -2.38. The number of nitrogens with zero attached hydrogens (tertiary/aromatic N) is 2. The van der Waals surface area contributed by atoms with Crippen LogP contribution >= 0.6 is 0 Å². The van der Waals surface area contributed by atoms with E-state index in [9.17, 15) is 22.8 Å². The minimum atomic E-state index is -4.50. The van der Waals surface area contributed by atoms with Gasteiger partial charge in [0, 0.05) is 11.4 Å². The molecule has 1 heterocycles. The summed E-state index contributed by atoms with van der Waals surface area (Å²) < 4.78 is 40.3. The van der Waals surface area contributed by atoms with Crippen LogP contribution in [0, 0.1) is 0 Å². The van der Waals surface area contributed by atoms with Gasteiger partial charge in [-0.05, 0) is 37.0 Å². The number of aromatic nitrogens is 2. The van der Waals surface area contributed by atoms with Gasteiger partial charge in [-0.25, -0.2) is 4.68 Å². The number of amides is 1. The van der Waals surface area contributed by atoms with E-state index in [2.05, 4.69) is 10.4 Å². The molecular formula is C20H24F3N3O2. The second-order valence-corrected chi connectivity index (χ2v) is 7.66. The highest BCUT2D eigenvalue weighted by molar-refractivity contribution is 5.85.